The molecule has 1 aromatic heterocycles. The molecule has 3 amide bonds. The van der Waals surface area contributed by atoms with Gasteiger partial charge in [0.15, 0.2) is 0 Å². The summed E-state index contributed by atoms with van der Waals surface area (Å²) in [5, 5.41) is 28.0. The summed E-state index contributed by atoms with van der Waals surface area (Å²) in [7, 11) is 0. The number of para-hydroxylation sites is 1. The number of benzene rings is 2. The molecule has 0 fully saturated rings. The van der Waals surface area contributed by atoms with Crippen LogP contribution in [0.4, 0.5) is 0 Å². The van der Waals surface area contributed by atoms with Gasteiger partial charge in [0.1, 0.15) is 23.9 Å². The Balaban J connectivity index is 1.87. The van der Waals surface area contributed by atoms with E-state index >= 15 is 0 Å². The number of carboxylic acids is 1. The molecule has 0 bridgehead atoms. The Kier molecular flexibility index (Phi) is 11.0. The Morgan fingerprint density at radius 2 is 1.50 bits per heavy atom. The van der Waals surface area contributed by atoms with Crippen LogP contribution in [0.15, 0.2) is 54.7 Å². The summed E-state index contributed by atoms with van der Waals surface area (Å²) in [6, 6.07) is 9.39. The van der Waals surface area contributed by atoms with E-state index in [1.165, 1.54) is 30.8 Å². The highest BCUT2D eigenvalue weighted by Gasteiger charge is 2.30. The standard InChI is InChI=1S/C28H35N5O6S/c1-16(29)25(35)32-24(14-18-15-30-21-6-4-3-5-20(18)21)27(37)33-23(13-17-7-9-19(34)10-8-17)26(36)31-22(28(38)39)11-12-40-2/h3-10,15-16,22-24,30,34H,11-14,29H2,1-2H3,(H,31,36)(H,32,35)(H,33,37)(H,38,39). The van der Waals surface area contributed by atoms with Crippen molar-refractivity contribution in [2.24, 2.45) is 5.73 Å². The molecule has 4 unspecified atom stereocenters. The third kappa shape index (κ3) is 8.48. The van der Waals surface area contributed by atoms with Crippen LogP contribution in [-0.2, 0) is 32.0 Å². The first kappa shape index (κ1) is 30.5. The number of hydrogen-bond donors (Lipinski definition) is 7. The van der Waals surface area contributed by atoms with E-state index in [0.717, 1.165) is 16.5 Å². The Morgan fingerprint density at radius 3 is 2.12 bits per heavy atom. The van der Waals surface area contributed by atoms with Crippen LogP contribution in [0.5, 0.6) is 5.75 Å². The van der Waals surface area contributed by atoms with Gasteiger partial charge >= 0.3 is 5.97 Å². The van der Waals surface area contributed by atoms with Gasteiger partial charge in [0, 0.05) is 29.9 Å². The maximum absolute atomic E-state index is 13.6. The zero-order valence-corrected chi connectivity index (χ0v) is 23.2. The molecule has 2 aromatic carbocycles. The molecule has 0 spiro atoms. The number of amides is 3. The molecular weight excluding hydrogens is 534 g/mol. The van der Waals surface area contributed by atoms with Crippen molar-refractivity contribution in [3.8, 4) is 5.75 Å². The fourth-order valence-electron chi connectivity index (χ4n) is 4.15. The SMILES string of the molecule is CSCCC(NC(=O)C(Cc1ccc(O)cc1)NC(=O)C(Cc1c[nH]c2ccccc12)NC(=O)C(C)N)C(=O)O. The number of phenolic OH excluding ortho intramolecular Hbond substituents is 1. The fraction of sp³-hybridized carbons (Fsp3) is 0.357. The first-order valence-electron chi connectivity index (χ1n) is 12.8. The average molecular weight is 570 g/mol. The highest BCUT2D eigenvalue weighted by Crippen LogP contribution is 2.19. The van der Waals surface area contributed by atoms with Crippen molar-refractivity contribution in [2.45, 2.75) is 50.4 Å². The van der Waals surface area contributed by atoms with E-state index in [2.05, 4.69) is 20.9 Å². The van der Waals surface area contributed by atoms with E-state index in [4.69, 9.17) is 5.73 Å². The van der Waals surface area contributed by atoms with Crippen LogP contribution < -0.4 is 21.7 Å². The number of nitrogens with one attached hydrogen (secondary N) is 4. The number of aromatic nitrogens is 1. The van der Waals surface area contributed by atoms with Gasteiger partial charge in [-0.3, -0.25) is 14.4 Å². The number of carboxylic acid groups (broad SMARTS) is 1. The minimum Gasteiger partial charge on any atom is -0.508 e. The molecule has 3 rings (SSSR count). The summed E-state index contributed by atoms with van der Waals surface area (Å²) in [4.78, 5) is 54.3. The van der Waals surface area contributed by atoms with Crippen molar-refractivity contribution in [1.82, 2.24) is 20.9 Å². The minimum absolute atomic E-state index is 0.0216. The fourth-order valence-corrected chi connectivity index (χ4v) is 4.62. The van der Waals surface area contributed by atoms with Crippen molar-refractivity contribution >= 4 is 46.4 Å². The van der Waals surface area contributed by atoms with Gasteiger partial charge in [-0.25, -0.2) is 4.79 Å². The largest absolute Gasteiger partial charge is 0.508 e. The molecule has 8 N–H and O–H groups in total. The van der Waals surface area contributed by atoms with Crippen LogP contribution in [0.3, 0.4) is 0 Å². The number of fused-ring (bicyclic) bond motifs is 1. The monoisotopic (exact) mass is 569 g/mol. The minimum atomic E-state index is -1.18. The van der Waals surface area contributed by atoms with Gasteiger partial charge in [-0.2, -0.15) is 11.8 Å². The number of carbonyl (C=O) groups excluding carboxylic acids is 3. The molecule has 0 aliphatic rings. The number of hydrogen-bond acceptors (Lipinski definition) is 7. The predicted molar refractivity (Wildman–Crippen MR) is 154 cm³/mol. The van der Waals surface area contributed by atoms with E-state index in [1.807, 2.05) is 30.5 Å². The van der Waals surface area contributed by atoms with Gasteiger partial charge in [-0.05, 0) is 54.7 Å². The molecule has 214 valence electrons. The molecule has 0 aliphatic heterocycles. The molecule has 3 aromatic rings. The summed E-state index contributed by atoms with van der Waals surface area (Å²) in [6.45, 7) is 1.50. The molecule has 12 heteroatoms. The summed E-state index contributed by atoms with van der Waals surface area (Å²) >= 11 is 1.45. The van der Waals surface area contributed by atoms with Crippen molar-refractivity contribution in [3.05, 3.63) is 65.9 Å². The lowest BCUT2D eigenvalue weighted by Crippen LogP contribution is -2.58. The maximum Gasteiger partial charge on any atom is 0.326 e. The topological polar surface area (TPSA) is 187 Å². The van der Waals surface area contributed by atoms with Crippen molar-refractivity contribution in [3.63, 3.8) is 0 Å². The quantitative estimate of drug-likeness (QED) is 0.151. The van der Waals surface area contributed by atoms with Gasteiger partial charge in [0.2, 0.25) is 17.7 Å². The third-order valence-electron chi connectivity index (χ3n) is 6.38. The van der Waals surface area contributed by atoms with E-state index < -0.39 is 47.9 Å². The third-order valence-corrected chi connectivity index (χ3v) is 7.02. The lowest BCUT2D eigenvalue weighted by atomic mass is 10.0. The summed E-state index contributed by atoms with van der Waals surface area (Å²) in [5.74, 6) is -2.48. The Labute approximate surface area is 236 Å². The van der Waals surface area contributed by atoms with Crippen LogP contribution in [0.25, 0.3) is 10.9 Å². The molecule has 40 heavy (non-hydrogen) atoms. The number of H-pyrrole nitrogens is 1. The van der Waals surface area contributed by atoms with Crippen LogP contribution in [-0.4, -0.2) is 75.1 Å². The lowest BCUT2D eigenvalue weighted by molar-refractivity contribution is -0.142. The predicted octanol–water partition coefficient (Wildman–Crippen LogP) is 1.30. The van der Waals surface area contributed by atoms with Crippen LogP contribution in [0.1, 0.15) is 24.5 Å². The highest BCUT2D eigenvalue weighted by atomic mass is 32.2. The molecule has 0 radical (unpaired) electrons. The zero-order chi connectivity index (χ0) is 29.2. The number of phenols is 1. The van der Waals surface area contributed by atoms with E-state index in [0.29, 0.717) is 11.3 Å². The normalized spacial score (nSPS) is 14.1. The van der Waals surface area contributed by atoms with Crippen molar-refractivity contribution < 1.29 is 29.4 Å². The number of carbonyl (C=O) groups is 4. The Hall–Kier alpha value is -4.03. The Morgan fingerprint density at radius 1 is 0.900 bits per heavy atom. The second-order valence-electron chi connectivity index (χ2n) is 9.53. The number of aromatic amines is 1. The molecule has 0 saturated carbocycles. The zero-order valence-electron chi connectivity index (χ0n) is 22.3. The van der Waals surface area contributed by atoms with Crippen molar-refractivity contribution in [2.75, 3.05) is 12.0 Å². The molecule has 0 aliphatic carbocycles. The second-order valence-corrected chi connectivity index (χ2v) is 10.5. The first-order valence-corrected chi connectivity index (χ1v) is 14.2. The number of aromatic hydroxyl groups is 1. The van der Waals surface area contributed by atoms with Gasteiger partial charge in [-0.15, -0.1) is 0 Å². The smallest absolute Gasteiger partial charge is 0.326 e. The van der Waals surface area contributed by atoms with E-state index in [1.54, 1.807) is 18.3 Å². The summed E-state index contributed by atoms with van der Waals surface area (Å²) in [6.07, 6.45) is 3.93. The summed E-state index contributed by atoms with van der Waals surface area (Å²) < 4.78 is 0. The Bertz CT molecular complexity index is 1330. The number of nitrogens with two attached hydrogens (primary N) is 1. The van der Waals surface area contributed by atoms with Crippen molar-refractivity contribution in [1.29, 1.82) is 0 Å². The molecule has 4 atom stereocenters. The number of rotatable bonds is 14. The highest BCUT2D eigenvalue weighted by molar-refractivity contribution is 7.98. The van der Waals surface area contributed by atoms with Crippen LogP contribution in [0, 0.1) is 0 Å². The second kappa shape index (κ2) is 14.4. The van der Waals surface area contributed by atoms with Gasteiger partial charge in [0.25, 0.3) is 0 Å². The van der Waals surface area contributed by atoms with Gasteiger partial charge in [0.05, 0.1) is 6.04 Å². The molecule has 0 saturated heterocycles. The van der Waals surface area contributed by atoms with Gasteiger partial charge in [-0.1, -0.05) is 30.3 Å². The van der Waals surface area contributed by atoms with Crippen LogP contribution >= 0.6 is 11.8 Å². The maximum atomic E-state index is 13.6. The first-order chi connectivity index (χ1) is 19.1. The van der Waals surface area contributed by atoms with Gasteiger partial charge < -0.3 is 36.9 Å². The number of aliphatic carboxylic acids is 1. The molecular formula is C28H35N5O6S. The van der Waals surface area contributed by atoms with E-state index in [9.17, 15) is 29.4 Å². The number of thioether (sulfide) groups is 1. The lowest BCUT2D eigenvalue weighted by Gasteiger charge is -2.25. The average Bonchev–Trinajstić information content (AvgIpc) is 3.33. The van der Waals surface area contributed by atoms with E-state index in [-0.39, 0.29) is 25.0 Å². The molecule has 11 nitrogen and oxygen atoms in total. The molecule has 1 heterocycles. The summed E-state index contributed by atoms with van der Waals surface area (Å²) in [5.41, 5.74) is 8.02. The van der Waals surface area contributed by atoms with Crippen LogP contribution in [0.2, 0.25) is 0 Å².